The summed E-state index contributed by atoms with van der Waals surface area (Å²) < 4.78 is 37.1. The smallest absolute Gasteiger partial charge is 0.344 e. The van der Waals surface area contributed by atoms with Gasteiger partial charge in [0.15, 0.2) is 0 Å². The number of nitrogens with zero attached hydrogens (tertiary/aromatic N) is 1. The van der Waals surface area contributed by atoms with Crippen molar-refractivity contribution in [3.63, 3.8) is 0 Å². The van der Waals surface area contributed by atoms with Gasteiger partial charge in [-0.15, -0.1) is 11.6 Å². The van der Waals surface area contributed by atoms with Gasteiger partial charge in [-0.05, 0) is 31.4 Å². The summed E-state index contributed by atoms with van der Waals surface area (Å²) in [7, 11) is 0. The van der Waals surface area contributed by atoms with Crippen LogP contribution in [0.4, 0.5) is 13.2 Å². The van der Waals surface area contributed by atoms with Gasteiger partial charge in [0.2, 0.25) is 0 Å². The van der Waals surface area contributed by atoms with Crippen LogP contribution in [0.3, 0.4) is 0 Å². The third kappa shape index (κ3) is 3.00. The lowest BCUT2D eigenvalue weighted by Gasteiger charge is -2.40. The molecule has 0 radical (unpaired) electrons. The van der Waals surface area contributed by atoms with E-state index in [1.54, 1.807) is 0 Å². The van der Waals surface area contributed by atoms with Gasteiger partial charge in [0.1, 0.15) is 5.69 Å². The molecule has 1 aromatic rings. The molecule has 104 valence electrons. The first kappa shape index (κ1) is 14.1. The number of nitrogens with one attached hydrogen (secondary N) is 1. The Morgan fingerprint density at radius 3 is 2.47 bits per heavy atom. The molecule has 3 nitrogen and oxygen atoms in total. The van der Waals surface area contributed by atoms with Crippen LogP contribution in [-0.4, -0.2) is 22.3 Å². The first-order chi connectivity index (χ1) is 8.86. The van der Waals surface area contributed by atoms with Crippen molar-refractivity contribution in [3.05, 3.63) is 29.6 Å². The Hall–Kier alpha value is -1.30. The van der Waals surface area contributed by atoms with Crippen LogP contribution in [0.2, 0.25) is 0 Å². The lowest BCUT2D eigenvalue weighted by Crippen LogP contribution is -2.55. The number of halogens is 4. The molecule has 1 saturated carbocycles. The molecule has 1 N–H and O–H groups in total. The summed E-state index contributed by atoms with van der Waals surface area (Å²) in [4.78, 5) is 15.4. The molecule has 7 heteroatoms. The quantitative estimate of drug-likeness (QED) is 0.870. The van der Waals surface area contributed by atoms with Gasteiger partial charge in [-0.3, -0.25) is 9.78 Å². The number of carbonyl (C=O) groups excluding carboxylic acids is 1. The maximum atomic E-state index is 12.4. The average molecular weight is 293 g/mol. The lowest BCUT2D eigenvalue weighted by atomic mass is 9.78. The van der Waals surface area contributed by atoms with E-state index < -0.39 is 23.2 Å². The number of aromatic nitrogens is 1. The second-order valence-corrected chi connectivity index (χ2v) is 4.92. The summed E-state index contributed by atoms with van der Waals surface area (Å²) in [5.41, 5.74) is -1.34. The topological polar surface area (TPSA) is 42.0 Å². The Morgan fingerprint density at radius 2 is 2.11 bits per heavy atom. The first-order valence-electron chi connectivity index (χ1n) is 5.78. The van der Waals surface area contributed by atoms with Gasteiger partial charge in [0, 0.05) is 12.1 Å². The summed E-state index contributed by atoms with van der Waals surface area (Å²) in [5.74, 6) is -0.201. The highest BCUT2D eigenvalue weighted by Crippen LogP contribution is 2.33. The Morgan fingerprint density at radius 1 is 1.42 bits per heavy atom. The largest absolute Gasteiger partial charge is 0.417 e. The first-order valence-corrected chi connectivity index (χ1v) is 6.31. The van der Waals surface area contributed by atoms with Gasteiger partial charge < -0.3 is 5.32 Å². The van der Waals surface area contributed by atoms with E-state index in [1.807, 2.05) is 0 Å². The third-order valence-electron chi connectivity index (χ3n) is 3.27. The van der Waals surface area contributed by atoms with Gasteiger partial charge in [-0.25, -0.2) is 0 Å². The molecule has 1 aliphatic carbocycles. The van der Waals surface area contributed by atoms with E-state index in [0.717, 1.165) is 31.4 Å². The zero-order valence-electron chi connectivity index (χ0n) is 9.93. The Labute approximate surface area is 113 Å². The van der Waals surface area contributed by atoms with Crippen molar-refractivity contribution in [3.8, 4) is 0 Å². The fourth-order valence-corrected chi connectivity index (χ4v) is 2.23. The van der Waals surface area contributed by atoms with Gasteiger partial charge in [0.25, 0.3) is 5.91 Å². The molecule has 2 rings (SSSR count). The number of carbonyl (C=O) groups is 1. The van der Waals surface area contributed by atoms with E-state index in [-0.39, 0.29) is 5.69 Å². The molecule has 0 atom stereocenters. The van der Waals surface area contributed by atoms with E-state index in [4.69, 9.17) is 11.6 Å². The fourth-order valence-electron chi connectivity index (χ4n) is 1.90. The number of hydrogen-bond acceptors (Lipinski definition) is 2. The number of pyridine rings is 1. The summed E-state index contributed by atoms with van der Waals surface area (Å²) in [5, 5.41) is 2.74. The molecule has 0 unspecified atom stereocenters. The van der Waals surface area contributed by atoms with Gasteiger partial charge in [-0.2, -0.15) is 13.2 Å². The highest BCUT2D eigenvalue weighted by atomic mass is 35.5. The molecule has 1 heterocycles. The van der Waals surface area contributed by atoms with Crippen LogP contribution in [0.25, 0.3) is 0 Å². The van der Waals surface area contributed by atoms with E-state index in [2.05, 4.69) is 10.3 Å². The van der Waals surface area contributed by atoms with Crippen molar-refractivity contribution in [2.45, 2.75) is 31.0 Å². The van der Waals surface area contributed by atoms with Crippen LogP contribution in [-0.2, 0) is 6.18 Å². The third-order valence-corrected chi connectivity index (χ3v) is 3.78. The van der Waals surface area contributed by atoms with Crippen LogP contribution >= 0.6 is 11.6 Å². The van der Waals surface area contributed by atoms with Crippen LogP contribution in [0.5, 0.6) is 0 Å². The molecular weight excluding hydrogens is 281 g/mol. The second-order valence-electron chi connectivity index (χ2n) is 4.65. The highest BCUT2D eigenvalue weighted by molar-refractivity contribution is 6.19. The molecule has 0 spiro atoms. The average Bonchev–Trinajstić information content (AvgIpc) is 2.32. The summed E-state index contributed by atoms with van der Waals surface area (Å²) >= 11 is 5.79. The van der Waals surface area contributed by atoms with Crippen molar-refractivity contribution in [2.24, 2.45) is 0 Å². The van der Waals surface area contributed by atoms with Crippen LogP contribution in [0, 0.1) is 0 Å². The number of hydrogen-bond donors (Lipinski definition) is 1. The van der Waals surface area contributed by atoms with Crippen molar-refractivity contribution in [2.75, 3.05) is 5.88 Å². The van der Waals surface area contributed by atoms with E-state index in [9.17, 15) is 18.0 Å². The Bertz CT molecular complexity index is 463. The zero-order chi connectivity index (χ0) is 14.1. The molecule has 1 fully saturated rings. The monoisotopic (exact) mass is 292 g/mol. The number of amides is 1. The fraction of sp³-hybridized carbons (Fsp3) is 0.500. The summed E-state index contributed by atoms with van der Waals surface area (Å²) in [6.45, 7) is 0. The molecule has 19 heavy (non-hydrogen) atoms. The summed E-state index contributed by atoms with van der Waals surface area (Å²) in [6, 6.07) is 1.91. The molecule has 0 saturated heterocycles. The minimum atomic E-state index is -4.45. The predicted octanol–water partition coefficient (Wildman–Crippen LogP) is 2.99. The van der Waals surface area contributed by atoms with Crippen LogP contribution < -0.4 is 5.32 Å². The van der Waals surface area contributed by atoms with Gasteiger partial charge in [0.05, 0.1) is 11.1 Å². The van der Waals surface area contributed by atoms with Crippen molar-refractivity contribution in [1.82, 2.24) is 10.3 Å². The van der Waals surface area contributed by atoms with Crippen molar-refractivity contribution in [1.29, 1.82) is 0 Å². The Kier molecular flexibility index (Phi) is 3.71. The maximum Gasteiger partial charge on any atom is 0.417 e. The van der Waals surface area contributed by atoms with Gasteiger partial charge >= 0.3 is 6.18 Å². The predicted molar refractivity (Wildman–Crippen MR) is 64.0 cm³/mol. The van der Waals surface area contributed by atoms with Crippen LogP contribution in [0.15, 0.2) is 18.3 Å². The standard InChI is InChI=1S/C12H12ClF3N2O/c13-7-11(4-1-5-11)18-10(19)9-3-2-8(6-17-9)12(14,15)16/h2-3,6H,1,4-5,7H2,(H,18,19). The molecule has 1 amide bonds. The zero-order valence-corrected chi connectivity index (χ0v) is 10.7. The summed E-state index contributed by atoms with van der Waals surface area (Å²) in [6.07, 6.45) is -1.25. The molecule has 0 aliphatic heterocycles. The number of rotatable bonds is 3. The van der Waals surface area contributed by atoms with Crippen molar-refractivity contribution < 1.29 is 18.0 Å². The maximum absolute atomic E-state index is 12.4. The van der Waals surface area contributed by atoms with E-state index >= 15 is 0 Å². The molecule has 0 bridgehead atoms. The molecule has 1 aliphatic rings. The van der Waals surface area contributed by atoms with Crippen LogP contribution in [0.1, 0.15) is 35.3 Å². The minimum Gasteiger partial charge on any atom is -0.344 e. The molecule has 1 aromatic heterocycles. The SMILES string of the molecule is O=C(NC1(CCl)CCC1)c1ccc(C(F)(F)F)cn1. The van der Waals surface area contributed by atoms with Crippen molar-refractivity contribution >= 4 is 17.5 Å². The normalized spacial score (nSPS) is 17.7. The molecule has 0 aromatic carbocycles. The second kappa shape index (κ2) is 5.00. The van der Waals surface area contributed by atoms with E-state index in [1.165, 1.54) is 0 Å². The van der Waals surface area contributed by atoms with Gasteiger partial charge in [-0.1, -0.05) is 0 Å². The molecular formula is C12H12ClF3N2O. The Balaban J connectivity index is 2.08. The number of alkyl halides is 4. The van der Waals surface area contributed by atoms with E-state index in [0.29, 0.717) is 12.1 Å². The highest BCUT2D eigenvalue weighted by Gasteiger charge is 2.38. The minimum absolute atomic E-state index is 0.0376. The lowest BCUT2D eigenvalue weighted by molar-refractivity contribution is -0.137.